The lowest BCUT2D eigenvalue weighted by molar-refractivity contribution is -0.137. The maximum absolute atomic E-state index is 15.4. The third-order valence-corrected chi connectivity index (χ3v) is 3.84. The van der Waals surface area contributed by atoms with Gasteiger partial charge in [0, 0.05) is 21.8 Å². The topological polar surface area (TPSA) is 49.3 Å². The maximum atomic E-state index is 15.4. The average Bonchev–Trinajstić information content (AvgIpc) is 2.72. The van der Waals surface area contributed by atoms with Crippen LogP contribution in [0.3, 0.4) is 0 Å². The molecule has 0 saturated carbocycles. The number of carbonyl (C=O) groups is 1. The van der Waals surface area contributed by atoms with E-state index in [0.29, 0.717) is 12.1 Å². The first kappa shape index (κ1) is 15.6. The molecule has 0 bridgehead atoms. The van der Waals surface area contributed by atoms with Gasteiger partial charge in [0.15, 0.2) is 0 Å². The smallest absolute Gasteiger partial charge is 0.416 e. The lowest BCUT2D eigenvalue weighted by atomic mass is 9.88. The zero-order valence-electron chi connectivity index (χ0n) is 11.2. The maximum Gasteiger partial charge on any atom is 0.416 e. The summed E-state index contributed by atoms with van der Waals surface area (Å²) in [6.07, 6.45) is -4.63. The predicted octanol–water partition coefficient (Wildman–Crippen LogP) is 4.23. The molecule has 3 rings (SSSR count). The van der Waals surface area contributed by atoms with Gasteiger partial charge in [-0.15, -0.1) is 0 Å². The Balaban J connectivity index is 2.20. The van der Waals surface area contributed by atoms with Gasteiger partial charge in [0.2, 0.25) is 5.67 Å². The summed E-state index contributed by atoms with van der Waals surface area (Å²) < 4.78 is 53.6. The van der Waals surface area contributed by atoms with Crippen molar-refractivity contribution in [3.8, 4) is 5.75 Å². The van der Waals surface area contributed by atoms with E-state index in [1.165, 1.54) is 6.07 Å². The molecule has 3 nitrogen and oxygen atoms in total. The molecule has 1 aliphatic heterocycles. The minimum atomic E-state index is -4.63. The fourth-order valence-corrected chi connectivity index (χ4v) is 2.68. The Morgan fingerprint density at radius 3 is 2.43 bits per heavy atom. The van der Waals surface area contributed by atoms with Crippen molar-refractivity contribution in [1.82, 2.24) is 0 Å². The standard InChI is InChI=1S/C15H8ClF4NO2/c16-8-2-4-12(22)10(6-8)14(17)9-3-1-7(15(18,19)20)5-11(9)21-13(14)23/h1-6,22H,(H,21,23)/t14-/m0/s1. The second-order valence-electron chi connectivity index (χ2n) is 5.03. The summed E-state index contributed by atoms with van der Waals surface area (Å²) in [7, 11) is 0. The van der Waals surface area contributed by atoms with Gasteiger partial charge < -0.3 is 10.4 Å². The van der Waals surface area contributed by atoms with Crippen LogP contribution in [0.1, 0.15) is 16.7 Å². The molecule has 1 amide bonds. The van der Waals surface area contributed by atoms with Gasteiger partial charge in [-0.25, -0.2) is 4.39 Å². The number of halogens is 5. The van der Waals surface area contributed by atoms with Crippen molar-refractivity contribution in [3.63, 3.8) is 0 Å². The highest BCUT2D eigenvalue weighted by atomic mass is 35.5. The van der Waals surface area contributed by atoms with Crippen molar-refractivity contribution in [1.29, 1.82) is 0 Å². The number of phenolic OH excluding ortho intramolecular Hbond substituents is 1. The predicted molar refractivity (Wildman–Crippen MR) is 75.1 cm³/mol. The first-order chi connectivity index (χ1) is 10.6. The van der Waals surface area contributed by atoms with E-state index < -0.39 is 34.6 Å². The molecule has 0 unspecified atom stereocenters. The molecule has 1 heterocycles. The zero-order chi connectivity index (χ0) is 17.0. The Morgan fingerprint density at radius 1 is 1.09 bits per heavy atom. The molecule has 8 heteroatoms. The molecule has 0 saturated heterocycles. The van der Waals surface area contributed by atoms with Crippen LogP contribution in [0, 0.1) is 0 Å². The number of phenols is 1. The largest absolute Gasteiger partial charge is 0.508 e. The average molecular weight is 346 g/mol. The van der Waals surface area contributed by atoms with Crippen LogP contribution < -0.4 is 5.32 Å². The van der Waals surface area contributed by atoms with Crippen LogP contribution in [0.25, 0.3) is 0 Å². The molecule has 0 aromatic heterocycles. The van der Waals surface area contributed by atoms with Gasteiger partial charge in [-0.3, -0.25) is 4.79 Å². The van der Waals surface area contributed by atoms with Crippen molar-refractivity contribution in [2.45, 2.75) is 11.8 Å². The molecular weight excluding hydrogens is 338 g/mol. The summed E-state index contributed by atoms with van der Waals surface area (Å²) in [5.41, 5.74) is -4.88. The summed E-state index contributed by atoms with van der Waals surface area (Å²) in [6, 6.07) is 5.66. The molecule has 2 N–H and O–H groups in total. The third kappa shape index (κ3) is 2.31. The first-order valence-corrected chi connectivity index (χ1v) is 6.73. The summed E-state index contributed by atoms with van der Waals surface area (Å²) in [4.78, 5) is 12.1. The van der Waals surface area contributed by atoms with Crippen LogP contribution in [0.15, 0.2) is 36.4 Å². The molecule has 0 fully saturated rings. The molecule has 2 aromatic carbocycles. The van der Waals surface area contributed by atoms with Crippen LogP contribution in [-0.2, 0) is 16.6 Å². The van der Waals surface area contributed by atoms with Gasteiger partial charge in [-0.1, -0.05) is 17.7 Å². The summed E-state index contributed by atoms with van der Waals surface area (Å²) in [6.45, 7) is 0. The van der Waals surface area contributed by atoms with Gasteiger partial charge in [-0.05, 0) is 30.3 Å². The van der Waals surface area contributed by atoms with Crippen molar-refractivity contribution in [2.24, 2.45) is 0 Å². The zero-order valence-corrected chi connectivity index (χ0v) is 12.0. The lowest BCUT2D eigenvalue weighted by Gasteiger charge is -2.20. The summed E-state index contributed by atoms with van der Waals surface area (Å²) in [5, 5.41) is 12.0. The van der Waals surface area contributed by atoms with Crippen LogP contribution >= 0.6 is 11.6 Å². The van der Waals surface area contributed by atoms with Crippen LogP contribution in [0.2, 0.25) is 5.02 Å². The normalized spacial score (nSPS) is 20.3. The van der Waals surface area contributed by atoms with Crippen LogP contribution in [0.5, 0.6) is 5.75 Å². The number of anilines is 1. The number of nitrogens with one attached hydrogen (secondary N) is 1. The number of aromatic hydroxyl groups is 1. The van der Waals surface area contributed by atoms with Gasteiger partial charge >= 0.3 is 6.18 Å². The number of rotatable bonds is 1. The Kier molecular flexibility index (Phi) is 3.30. The third-order valence-electron chi connectivity index (χ3n) is 3.61. The molecule has 23 heavy (non-hydrogen) atoms. The van der Waals surface area contributed by atoms with Gasteiger partial charge in [0.25, 0.3) is 5.91 Å². The molecule has 0 radical (unpaired) electrons. The minimum Gasteiger partial charge on any atom is -0.508 e. The number of hydrogen-bond acceptors (Lipinski definition) is 2. The number of hydrogen-bond donors (Lipinski definition) is 2. The van der Waals surface area contributed by atoms with E-state index in [2.05, 4.69) is 5.32 Å². The highest BCUT2D eigenvalue weighted by Crippen LogP contribution is 2.48. The van der Waals surface area contributed by atoms with E-state index in [4.69, 9.17) is 11.6 Å². The Labute approximate surface area is 132 Å². The molecule has 1 aliphatic rings. The minimum absolute atomic E-state index is 0.0722. The summed E-state index contributed by atoms with van der Waals surface area (Å²) >= 11 is 5.76. The highest BCUT2D eigenvalue weighted by molar-refractivity contribution is 6.30. The fourth-order valence-electron chi connectivity index (χ4n) is 2.51. The van der Waals surface area contributed by atoms with Gasteiger partial charge in [0.1, 0.15) is 5.75 Å². The second kappa shape index (κ2) is 4.86. The van der Waals surface area contributed by atoms with Crippen LogP contribution in [0.4, 0.5) is 23.2 Å². The van der Waals surface area contributed by atoms with Gasteiger partial charge in [-0.2, -0.15) is 13.2 Å². The number of amides is 1. The number of benzene rings is 2. The fraction of sp³-hybridized carbons (Fsp3) is 0.133. The van der Waals surface area contributed by atoms with E-state index in [1.807, 2.05) is 0 Å². The SMILES string of the molecule is O=C1Nc2cc(C(F)(F)F)ccc2[C@]1(F)c1cc(Cl)ccc1O. The monoisotopic (exact) mass is 345 g/mol. The van der Waals surface area contributed by atoms with E-state index in [9.17, 15) is 23.1 Å². The molecule has 120 valence electrons. The Bertz CT molecular complexity index is 822. The molecule has 0 aliphatic carbocycles. The van der Waals surface area contributed by atoms with E-state index in [0.717, 1.165) is 18.2 Å². The van der Waals surface area contributed by atoms with Gasteiger partial charge in [0.05, 0.1) is 5.56 Å². The number of fused-ring (bicyclic) bond motifs is 1. The highest BCUT2D eigenvalue weighted by Gasteiger charge is 2.51. The van der Waals surface area contributed by atoms with E-state index in [1.54, 1.807) is 0 Å². The molecule has 2 aromatic rings. The number of carbonyl (C=O) groups excluding carboxylic acids is 1. The van der Waals surface area contributed by atoms with Crippen molar-refractivity contribution in [3.05, 3.63) is 58.1 Å². The molecular formula is C15H8ClF4NO2. The van der Waals surface area contributed by atoms with E-state index in [-0.39, 0.29) is 16.3 Å². The van der Waals surface area contributed by atoms with E-state index >= 15 is 4.39 Å². The van der Waals surface area contributed by atoms with Crippen LogP contribution in [-0.4, -0.2) is 11.0 Å². The first-order valence-electron chi connectivity index (χ1n) is 6.35. The summed E-state index contributed by atoms with van der Waals surface area (Å²) in [5.74, 6) is -1.72. The quantitative estimate of drug-likeness (QED) is 0.760. The lowest BCUT2D eigenvalue weighted by Crippen LogP contribution is -2.30. The van der Waals surface area contributed by atoms with Crippen molar-refractivity contribution in [2.75, 3.05) is 5.32 Å². The Hall–Kier alpha value is -2.28. The second-order valence-corrected chi connectivity index (χ2v) is 5.47. The number of alkyl halides is 4. The van der Waals surface area contributed by atoms with Crippen molar-refractivity contribution >= 4 is 23.2 Å². The van der Waals surface area contributed by atoms with Crippen molar-refractivity contribution < 1.29 is 27.5 Å². The Morgan fingerprint density at radius 2 is 1.78 bits per heavy atom. The molecule has 1 atom stereocenters. The molecule has 0 spiro atoms.